The normalized spacial score (nSPS) is 22.7. The first-order valence-corrected chi connectivity index (χ1v) is 10.9. The van der Waals surface area contributed by atoms with Gasteiger partial charge in [0.25, 0.3) is 5.69 Å². The van der Waals surface area contributed by atoms with Crippen molar-refractivity contribution in [1.82, 2.24) is 0 Å². The summed E-state index contributed by atoms with van der Waals surface area (Å²) in [5.74, 6) is -0.503. The second-order valence-electron chi connectivity index (χ2n) is 7.33. The van der Waals surface area contributed by atoms with Crippen LogP contribution in [0.2, 0.25) is 0 Å². The zero-order chi connectivity index (χ0) is 21.5. The van der Waals surface area contributed by atoms with Gasteiger partial charge in [-0.05, 0) is 31.0 Å². The topological polar surface area (TPSA) is 145 Å². The van der Waals surface area contributed by atoms with E-state index in [-0.39, 0.29) is 22.4 Å². The maximum atomic E-state index is 13.1. The lowest BCUT2D eigenvalue weighted by atomic mass is 9.63. The van der Waals surface area contributed by atoms with E-state index in [4.69, 9.17) is 0 Å². The monoisotopic (exact) mass is 430 g/mol. The molecule has 2 bridgehead atoms. The highest BCUT2D eigenvalue weighted by atomic mass is 32.2. The summed E-state index contributed by atoms with van der Waals surface area (Å²) in [5, 5.41) is 25.9. The zero-order valence-electron chi connectivity index (χ0n) is 15.7. The standard InChI is InChI=1S/C19H18N4O6S/c24-22(25)12-9-10-16(17(11-12)23(26)27)20-21-18-14-7-4-8-15(18)19(14)30(28,29)13-5-2-1-3-6-13/h1-3,5-6,9-11,14-15,19-20H,4,7-8H2. The highest BCUT2D eigenvalue weighted by Crippen LogP contribution is 2.49. The number of non-ortho nitro benzene ring substituents is 1. The SMILES string of the molecule is O=[N+]([O-])c1ccc(NN=C2C3CCCC2C3S(=O)(=O)c2ccccc2)c([N+](=O)[O-])c1. The molecule has 30 heavy (non-hydrogen) atoms. The van der Waals surface area contributed by atoms with Crippen LogP contribution in [-0.2, 0) is 9.84 Å². The number of hydrogen-bond acceptors (Lipinski definition) is 8. The molecule has 2 aliphatic carbocycles. The molecule has 0 heterocycles. The largest absolute Gasteiger partial charge is 0.301 e. The van der Waals surface area contributed by atoms with Crippen LogP contribution in [0.4, 0.5) is 17.1 Å². The Morgan fingerprint density at radius 3 is 2.23 bits per heavy atom. The van der Waals surface area contributed by atoms with Crippen molar-refractivity contribution in [3.8, 4) is 0 Å². The van der Waals surface area contributed by atoms with E-state index in [1.807, 2.05) is 0 Å². The Labute approximate surface area is 171 Å². The average molecular weight is 430 g/mol. The second-order valence-corrected chi connectivity index (χ2v) is 9.44. The summed E-state index contributed by atoms with van der Waals surface area (Å²) in [6.07, 6.45) is 2.25. The van der Waals surface area contributed by atoms with Gasteiger partial charge in [0.1, 0.15) is 5.69 Å². The Bertz CT molecular complexity index is 1130. The minimum Gasteiger partial charge on any atom is -0.272 e. The van der Waals surface area contributed by atoms with Crippen molar-refractivity contribution >= 4 is 32.6 Å². The third kappa shape index (κ3) is 3.30. The molecule has 2 fully saturated rings. The fourth-order valence-corrected chi connectivity index (χ4v) is 6.59. The number of anilines is 1. The van der Waals surface area contributed by atoms with Crippen LogP contribution in [0.3, 0.4) is 0 Å². The molecule has 10 nitrogen and oxygen atoms in total. The van der Waals surface area contributed by atoms with Crippen molar-refractivity contribution in [2.75, 3.05) is 5.43 Å². The Morgan fingerprint density at radius 1 is 0.967 bits per heavy atom. The molecular formula is C19H18N4O6S. The molecule has 156 valence electrons. The van der Waals surface area contributed by atoms with Crippen LogP contribution in [0.5, 0.6) is 0 Å². The lowest BCUT2D eigenvalue weighted by Gasteiger charge is -2.49. The van der Waals surface area contributed by atoms with Gasteiger partial charge < -0.3 is 0 Å². The van der Waals surface area contributed by atoms with Crippen molar-refractivity contribution in [2.45, 2.75) is 29.4 Å². The van der Waals surface area contributed by atoms with Crippen LogP contribution in [-0.4, -0.2) is 29.2 Å². The molecule has 1 N–H and O–H groups in total. The van der Waals surface area contributed by atoms with Crippen LogP contribution in [0, 0.1) is 32.1 Å². The first kappa shape index (κ1) is 20.0. The van der Waals surface area contributed by atoms with Crippen LogP contribution in [0.15, 0.2) is 58.5 Å². The van der Waals surface area contributed by atoms with Gasteiger partial charge in [0.2, 0.25) is 0 Å². The summed E-state index contributed by atoms with van der Waals surface area (Å²) in [7, 11) is -3.51. The molecule has 4 rings (SSSR count). The molecule has 0 aromatic heterocycles. The molecule has 2 atom stereocenters. The lowest BCUT2D eigenvalue weighted by molar-refractivity contribution is -0.393. The van der Waals surface area contributed by atoms with Crippen molar-refractivity contribution in [1.29, 1.82) is 0 Å². The van der Waals surface area contributed by atoms with Crippen molar-refractivity contribution in [3.63, 3.8) is 0 Å². The van der Waals surface area contributed by atoms with E-state index in [0.29, 0.717) is 18.6 Å². The summed E-state index contributed by atoms with van der Waals surface area (Å²) in [6, 6.07) is 11.5. The van der Waals surface area contributed by atoms with E-state index in [1.54, 1.807) is 30.3 Å². The van der Waals surface area contributed by atoms with Crippen molar-refractivity contribution < 1.29 is 18.3 Å². The van der Waals surface area contributed by atoms with Crippen molar-refractivity contribution in [2.24, 2.45) is 16.9 Å². The minimum atomic E-state index is -3.51. The zero-order valence-corrected chi connectivity index (χ0v) is 16.5. The molecule has 2 aromatic rings. The summed E-state index contributed by atoms with van der Waals surface area (Å²) in [6.45, 7) is 0. The number of nitro benzene ring substituents is 2. The van der Waals surface area contributed by atoms with E-state index in [2.05, 4.69) is 10.5 Å². The van der Waals surface area contributed by atoms with Gasteiger partial charge >= 0.3 is 5.69 Å². The first-order chi connectivity index (χ1) is 14.3. The molecule has 2 saturated carbocycles. The smallest absolute Gasteiger partial charge is 0.272 e. The number of nitrogens with zero attached hydrogens (tertiary/aromatic N) is 3. The van der Waals surface area contributed by atoms with Crippen LogP contribution >= 0.6 is 0 Å². The molecule has 0 saturated heterocycles. The van der Waals surface area contributed by atoms with Gasteiger partial charge in [-0.1, -0.05) is 24.6 Å². The number of nitro groups is 2. The van der Waals surface area contributed by atoms with Crippen molar-refractivity contribution in [3.05, 3.63) is 68.8 Å². The van der Waals surface area contributed by atoms with E-state index < -0.39 is 36.3 Å². The summed E-state index contributed by atoms with van der Waals surface area (Å²) in [4.78, 5) is 21.0. The molecule has 0 spiro atoms. The fraction of sp³-hybridized carbons (Fsp3) is 0.316. The first-order valence-electron chi connectivity index (χ1n) is 9.36. The highest BCUT2D eigenvalue weighted by Gasteiger charge is 2.56. The summed E-state index contributed by atoms with van der Waals surface area (Å²) < 4.78 is 26.1. The van der Waals surface area contributed by atoms with E-state index in [0.717, 1.165) is 18.6 Å². The molecule has 0 radical (unpaired) electrons. The average Bonchev–Trinajstić information content (AvgIpc) is 2.74. The predicted octanol–water partition coefficient (Wildman–Crippen LogP) is 3.54. The van der Waals surface area contributed by atoms with Gasteiger partial charge in [-0.2, -0.15) is 5.10 Å². The maximum Gasteiger partial charge on any atom is 0.301 e. The van der Waals surface area contributed by atoms with E-state index in [9.17, 15) is 28.6 Å². The number of fused-ring (bicyclic) bond motifs is 2. The number of benzene rings is 2. The van der Waals surface area contributed by atoms with Gasteiger partial charge in [0.05, 0.1) is 26.1 Å². The number of sulfone groups is 1. The van der Waals surface area contributed by atoms with E-state index >= 15 is 0 Å². The van der Waals surface area contributed by atoms with Gasteiger partial charge in [-0.3, -0.25) is 25.7 Å². The maximum absolute atomic E-state index is 13.1. The Balaban J connectivity index is 1.60. The van der Waals surface area contributed by atoms with Crippen LogP contribution in [0.1, 0.15) is 19.3 Å². The molecule has 11 heteroatoms. The second kappa shape index (κ2) is 7.48. The third-order valence-electron chi connectivity index (χ3n) is 5.71. The number of nitrogens with one attached hydrogen (secondary N) is 1. The molecule has 2 aliphatic rings. The predicted molar refractivity (Wildman–Crippen MR) is 109 cm³/mol. The van der Waals surface area contributed by atoms with Crippen LogP contribution in [0.25, 0.3) is 0 Å². The van der Waals surface area contributed by atoms with Gasteiger partial charge in [-0.25, -0.2) is 8.42 Å². The van der Waals surface area contributed by atoms with E-state index in [1.165, 1.54) is 6.07 Å². The number of hydrogen-bond donors (Lipinski definition) is 1. The molecule has 0 aliphatic heterocycles. The summed E-state index contributed by atoms with van der Waals surface area (Å²) >= 11 is 0. The van der Waals surface area contributed by atoms with Gasteiger partial charge in [0.15, 0.2) is 9.84 Å². The lowest BCUT2D eigenvalue weighted by Crippen LogP contribution is -2.58. The minimum absolute atomic E-state index is 0.0190. The fourth-order valence-electron chi connectivity index (χ4n) is 4.33. The van der Waals surface area contributed by atoms with Gasteiger partial charge in [0, 0.05) is 23.6 Å². The number of hydrazone groups is 1. The molecule has 2 unspecified atom stereocenters. The third-order valence-corrected chi connectivity index (χ3v) is 8.01. The number of rotatable bonds is 6. The Hall–Kier alpha value is -3.34. The quantitative estimate of drug-likeness (QED) is 0.545. The summed E-state index contributed by atoms with van der Waals surface area (Å²) in [5.41, 5.74) is 2.47. The Kier molecular flexibility index (Phi) is 4.98. The molecule has 2 aromatic carbocycles. The molecule has 0 amide bonds. The van der Waals surface area contributed by atoms with Crippen LogP contribution < -0.4 is 5.43 Å². The highest BCUT2D eigenvalue weighted by molar-refractivity contribution is 7.92. The Morgan fingerprint density at radius 2 is 1.63 bits per heavy atom. The molecular weight excluding hydrogens is 412 g/mol. The van der Waals surface area contributed by atoms with Gasteiger partial charge in [-0.15, -0.1) is 0 Å².